The monoisotopic (exact) mass is 318 g/mol. The van der Waals surface area contributed by atoms with Crippen LogP contribution in [0, 0.1) is 0 Å². The number of rotatable bonds is 2. The predicted octanol–water partition coefficient (Wildman–Crippen LogP) is 2.07. The highest BCUT2D eigenvalue weighted by molar-refractivity contribution is 7.13. The van der Waals surface area contributed by atoms with Crippen LogP contribution < -0.4 is 11.5 Å². The van der Waals surface area contributed by atoms with Gasteiger partial charge in [-0.1, -0.05) is 12.1 Å². The normalized spacial score (nSPS) is 8.84. The highest BCUT2D eigenvalue weighted by Gasteiger charge is 2.07. The average molecular weight is 319 g/mol. The van der Waals surface area contributed by atoms with E-state index < -0.39 is 5.91 Å². The number of nitrogens with two attached hydrogens (primary N) is 2. The maximum Gasteiger partial charge on any atom is 0.280 e. The molecule has 0 aliphatic heterocycles. The molecule has 102 valence electrons. The van der Waals surface area contributed by atoms with Crippen molar-refractivity contribution in [2.45, 2.75) is 0 Å². The van der Waals surface area contributed by atoms with Crippen molar-refractivity contribution in [1.82, 2.24) is 4.98 Å². The molecule has 4 N–H and O–H groups in total. The van der Waals surface area contributed by atoms with Gasteiger partial charge in [-0.25, -0.2) is 4.98 Å². The second kappa shape index (κ2) is 7.73. The molecule has 8 heteroatoms. The van der Waals surface area contributed by atoms with Crippen LogP contribution in [0.3, 0.4) is 0 Å². The lowest BCUT2D eigenvalue weighted by Crippen LogP contribution is -2.24. The number of carbonyl (C=O) groups is 1. The molecule has 0 radical (unpaired) electrons. The summed E-state index contributed by atoms with van der Waals surface area (Å²) >= 11 is 1.50. The smallest absolute Gasteiger partial charge is 0.280 e. The molecule has 1 amide bonds. The molecule has 2 aromatic rings. The second-order valence-electron chi connectivity index (χ2n) is 3.26. The minimum absolute atomic E-state index is 0. The number of aliphatic imine (C=N–C) groups is 1. The van der Waals surface area contributed by atoms with E-state index in [4.69, 9.17) is 11.5 Å². The van der Waals surface area contributed by atoms with Crippen LogP contribution in [0.15, 0.2) is 40.8 Å². The van der Waals surface area contributed by atoms with Crippen molar-refractivity contribution in [2.75, 3.05) is 0 Å². The molecule has 2 rings (SSSR count). The lowest BCUT2D eigenvalue weighted by atomic mass is 10.1. The molecule has 0 saturated carbocycles. The highest BCUT2D eigenvalue weighted by atomic mass is 35.5. The van der Waals surface area contributed by atoms with Crippen LogP contribution in [-0.4, -0.2) is 16.9 Å². The van der Waals surface area contributed by atoms with E-state index in [1.54, 1.807) is 24.4 Å². The molecule has 0 saturated heterocycles. The number of hydrogen-bond donors (Lipinski definition) is 2. The molecule has 19 heavy (non-hydrogen) atoms. The Kier molecular flexibility index (Phi) is 7.06. The number of aromatic nitrogens is 1. The van der Waals surface area contributed by atoms with E-state index in [2.05, 4.69) is 9.98 Å². The van der Waals surface area contributed by atoms with Gasteiger partial charge in [-0.2, -0.15) is 4.99 Å². The van der Waals surface area contributed by atoms with Crippen LogP contribution in [0.1, 0.15) is 10.4 Å². The van der Waals surface area contributed by atoms with Gasteiger partial charge in [-0.3, -0.25) is 4.79 Å². The molecule has 0 bridgehead atoms. The second-order valence-corrected chi connectivity index (χ2v) is 4.15. The first-order valence-corrected chi connectivity index (χ1v) is 5.68. The summed E-state index contributed by atoms with van der Waals surface area (Å²) in [4.78, 5) is 19.3. The quantitative estimate of drug-likeness (QED) is 0.654. The van der Waals surface area contributed by atoms with E-state index in [-0.39, 0.29) is 30.8 Å². The Morgan fingerprint density at radius 3 is 2.58 bits per heavy atom. The number of halogens is 2. The van der Waals surface area contributed by atoms with Gasteiger partial charge in [0, 0.05) is 22.7 Å². The Morgan fingerprint density at radius 1 is 1.26 bits per heavy atom. The SMILES string of the molecule is Cl.Cl.NC(N)=NC(=O)c1cccc(-c2nccs2)c1. The summed E-state index contributed by atoms with van der Waals surface area (Å²) in [6.07, 6.45) is 1.71. The first kappa shape index (κ1) is 17.4. The average Bonchev–Trinajstić information content (AvgIpc) is 2.82. The molecule has 1 aromatic heterocycles. The van der Waals surface area contributed by atoms with Crippen LogP contribution in [0.5, 0.6) is 0 Å². The molecule has 0 fully saturated rings. The molecule has 0 aliphatic carbocycles. The first-order valence-electron chi connectivity index (χ1n) is 4.81. The van der Waals surface area contributed by atoms with Crippen molar-refractivity contribution < 1.29 is 4.79 Å². The maximum absolute atomic E-state index is 11.6. The van der Waals surface area contributed by atoms with Gasteiger partial charge in [0.1, 0.15) is 5.01 Å². The minimum atomic E-state index is -0.455. The largest absolute Gasteiger partial charge is 0.370 e. The Morgan fingerprint density at radius 2 is 2.00 bits per heavy atom. The van der Waals surface area contributed by atoms with Gasteiger partial charge < -0.3 is 11.5 Å². The Hall–Kier alpha value is -1.63. The molecule has 0 spiro atoms. The summed E-state index contributed by atoms with van der Waals surface area (Å²) in [5, 5.41) is 2.73. The fourth-order valence-corrected chi connectivity index (χ4v) is 1.97. The zero-order valence-corrected chi connectivity index (χ0v) is 12.1. The number of carbonyl (C=O) groups excluding carboxylic acids is 1. The van der Waals surface area contributed by atoms with Crippen LogP contribution >= 0.6 is 36.2 Å². The number of amides is 1. The zero-order chi connectivity index (χ0) is 12.3. The number of thiazole rings is 1. The summed E-state index contributed by atoms with van der Waals surface area (Å²) < 4.78 is 0. The molecule has 0 atom stereocenters. The standard InChI is InChI=1S/C11H10N4OS.2ClH/c12-11(13)15-9(16)7-2-1-3-8(6-7)10-14-4-5-17-10;;/h1-6H,(H4,12,13,15,16);2*1H. The number of benzene rings is 1. The summed E-state index contributed by atoms with van der Waals surface area (Å²) in [6.45, 7) is 0. The van der Waals surface area contributed by atoms with E-state index in [1.165, 1.54) is 11.3 Å². The molecular weight excluding hydrogens is 307 g/mol. The third kappa shape index (κ3) is 4.51. The van der Waals surface area contributed by atoms with E-state index in [9.17, 15) is 4.79 Å². The summed E-state index contributed by atoms with van der Waals surface area (Å²) in [5.74, 6) is -0.696. The molecule has 5 nitrogen and oxygen atoms in total. The first-order chi connectivity index (χ1) is 8.16. The van der Waals surface area contributed by atoms with Crippen molar-refractivity contribution in [3.8, 4) is 10.6 Å². The lowest BCUT2D eigenvalue weighted by molar-refractivity contribution is 0.100. The predicted molar refractivity (Wildman–Crippen MR) is 82.2 cm³/mol. The van der Waals surface area contributed by atoms with Crippen LogP contribution in [0.25, 0.3) is 10.6 Å². The van der Waals surface area contributed by atoms with Crippen molar-refractivity contribution >= 4 is 48.0 Å². The number of guanidine groups is 1. The molecule has 1 aromatic carbocycles. The van der Waals surface area contributed by atoms with Gasteiger partial charge in [-0.05, 0) is 12.1 Å². The topological polar surface area (TPSA) is 94.4 Å². The van der Waals surface area contributed by atoms with E-state index in [1.807, 2.05) is 11.4 Å². The summed E-state index contributed by atoms with van der Waals surface area (Å²) in [7, 11) is 0. The molecule has 0 unspecified atom stereocenters. The van der Waals surface area contributed by atoms with Crippen LogP contribution in [0.4, 0.5) is 0 Å². The summed E-state index contributed by atoms with van der Waals surface area (Å²) in [6, 6.07) is 7.02. The van der Waals surface area contributed by atoms with E-state index in [0.29, 0.717) is 5.56 Å². The van der Waals surface area contributed by atoms with E-state index in [0.717, 1.165) is 10.6 Å². The van der Waals surface area contributed by atoms with Gasteiger partial charge in [0.25, 0.3) is 5.91 Å². The van der Waals surface area contributed by atoms with Crippen LogP contribution in [0.2, 0.25) is 0 Å². The zero-order valence-electron chi connectivity index (χ0n) is 9.65. The number of hydrogen-bond acceptors (Lipinski definition) is 3. The molecule has 1 heterocycles. The van der Waals surface area contributed by atoms with Gasteiger partial charge in [-0.15, -0.1) is 36.2 Å². The fraction of sp³-hybridized carbons (Fsp3) is 0. The van der Waals surface area contributed by atoms with Crippen LogP contribution in [-0.2, 0) is 0 Å². The minimum Gasteiger partial charge on any atom is -0.370 e. The Labute approximate surface area is 126 Å². The van der Waals surface area contributed by atoms with Crippen molar-refractivity contribution in [3.63, 3.8) is 0 Å². The van der Waals surface area contributed by atoms with Gasteiger partial charge in [0.15, 0.2) is 5.96 Å². The van der Waals surface area contributed by atoms with Crippen molar-refractivity contribution in [1.29, 1.82) is 0 Å². The third-order valence-electron chi connectivity index (χ3n) is 2.02. The highest BCUT2D eigenvalue weighted by Crippen LogP contribution is 2.22. The maximum atomic E-state index is 11.6. The Bertz CT molecular complexity index is 568. The lowest BCUT2D eigenvalue weighted by Gasteiger charge is -1.99. The molecule has 0 aliphatic rings. The Balaban J connectivity index is 0.00000162. The summed E-state index contributed by atoms with van der Waals surface area (Å²) in [5.41, 5.74) is 11.6. The third-order valence-corrected chi connectivity index (χ3v) is 2.84. The van der Waals surface area contributed by atoms with Gasteiger partial charge in [0.05, 0.1) is 0 Å². The van der Waals surface area contributed by atoms with Crippen molar-refractivity contribution in [2.24, 2.45) is 16.5 Å². The molecular formula is C11H12Cl2N4OS. The van der Waals surface area contributed by atoms with Gasteiger partial charge in [0.2, 0.25) is 0 Å². The fourth-order valence-electron chi connectivity index (χ4n) is 1.33. The number of nitrogens with zero attached hydrogens (tertiary/aromatic N) is 2. The van der Waals surface area contributed by atoms with Gasteiger partial charge >= 0.3 is 0 Å². The van der Waals surface area contributed by atoms with Crippen molar-refractivity contribution in [3.05, 3.63) is 41.4 Å². The van der Waals surface area contributed by atoms with E-state index >= 15 is 0 Å².